The normalized spacial score (nSPS) is 11.9. The zero-order valence-corrected chi connectivity index (χ0v) is 13.3. The first-order chi connectivity index (χ1) is 8.02. The maximum atomic E-state index is 11.5. The topological polar surface area (TPSA) is 67.4 Å². The molecule has 0 aromatic heterocycles. The zero-order chi connectivity index (χ0) is 14.4. The predicted molar refractivity (Wildman–Crippen MR) is 74.9 cm³/mol. The van der Waals surface area contributed by atoms with Crippen molar-refractivity contribution in [2.75, 3.05) is 13.1 Å². The third-order valence-electron chi connectivity index (χ3n) is 1.85. The first kappa shape index (κ1) is 17.2. The molecule has 0 spiro atoms. The molecule has 0 saturated heterocycles. The lowest BCUT2D eigenvalue weighted by atomic mass is 10.2. The Morgan fingerprint density at radius 2 is 1.56 bits per heavy atom. The molecule has 6 heteroatoms. The molecule has 0 bridgehead atoms. The van der Waals surface area contributed by atoms with E-state index in [-0.39, 0.29) is 5.91 Å². The van der Waals surface area contributed by atoms with Gasteiger partial charge < -0.3 is 15.4 Å². The van der Waals surface area contributed by atoms with Crippen LogP contribution in [0.4, 0.5) is 4.79 Å². The molecule has 0 unspecified atom stereocenters. The second-order valence-electron chi connectivity index (χ2n) is 5.51. The highest BCUT2D eigenvalue weighted by Gasteiger charge is 2.22. The van der Waals surface area contributed by atoms with Crippen molar-refractivity contribution in [2.24, 2.45) is 0 Å². The van der Waals surface area contributed by atoms with Gasteiger partial charge in [0.2, 0.25) is 5.91 Å². The van der Waals surface area contributed by atoms with E-state index in [9.17, 15) is 9.59 Å². The number of halogens is 1. The van der Waals surface area contributed by atoms with E-state index in [1.165, 1.54) is 0 Å². The minimum atomic E-state index is -0.564. The highest BCUT2D eigenvalue weighted by Crippen LogP contribution is 2.14. The standard InChI is InChI=1S/C12H23BrN2O3/c1-11(2,3)18-10(17)15-8-6-7-14-9(16)12(4,5)13/h6-8H2,1-5H3,(H,14,16)(H,15,17). The van der Waals surface area contributed by atoms with Crippen molar-refractivity contribution in [1.82, 2.24) is 10.6 Å². The summed E-state index contributed by atoms with van der Waals surface area (Å²) in [6, 6.07) is 0. The highest BCUT2D eigenvalue weighted by atomic mass is 79.9. The fourth-order valence-electron chi connectivity index (χ4n) is 1.01. The lowest BCUT2D eigenvalue weighted by molar-refractivity contribution is -0.122. The molecule has 0 aromatic rings. The van der Waals surface area contributed by atoms with Gasteiger partial charge in [-0.2, -0.15) is 0 Å². The molecule has 0 rings (SSSR count). The van der Waals surface area contributed by atoms with Gasteiger partial charge in [-0.05, 0) is 41.0 Å². The van der Waals surface area contributed by atoms with Crippen LogP contribution in [0.25, 0.3) is 0 Å². The van der Waals surface area contributed by atoms with E-state index in [4.69, 9.17) is 4.74 Å². The largest absolute Gasteiger partial charge is 0.444 e. The summed E-state index contributed by atoms with van der Waals surface area (Å²) in [6.45, 7) is 9.98. The predicted octanol–water partition coefficient (Wildman–Crippen LogP) is 2.19. The molecule has 2 amide bonds. The van der Waals surface area contributed by atoms with Gasteiger partial charge in [-0.15, -0.1) is 0 Å². The van der Waals surface area contributed by atoms with Gasteiger partial charge in [-0.1, -0.05) is 15.9 Å². The van der Waals surface area contributed by atoms with Gasteiger partial charge in [-0.25, -0.2) is 4.79 Å². The number of nitrogens with one attached hydrogen (secondary N) is 2. The number of ether oxygens (including phenoxy) is 1. The summed E-state index contributed by atoms with van der Waals surface area (Å²) in [5, 5.41) is 5.39. The number of rotatable bonds is 5. The number of hydrogen-bond donors (Lipinski definition) is 2. The van der Waals surface area contributed by atoms with Crippen molar-refractivity contribution in [3.05, 3.63) is 0 Å². The van der Waals surface area contributed by atoms with Crippen LogP contribution < -0.4 is 10.6 Å². The Kier molecular flexibility index (Phi) is 6.67. The summed E-state index contributed by atoms with van der Waals surface area (Å²) in [7, 11) is 0. The van der Waals surface area contributed by atoms with Gasteiger partial charge in [0.15, 0.2) is 0 Å². The van der Waals surface area contributed by atoms with Gasteiger partial charge in [0.05, 0.1) is 4.32 Å². The van der Waals surface area contributed by atoms with E-state index >= 15 is 0 Å². The smallest absolute Gasteiger partial charge is 0.407 e. The Labute approximate surface area is 117 Å². The van der Waals surface area contributed by atoms with Crippen molar-refractivity contribution in [2.45, 2.75) is 51.0 Å². The second-order valence-corrected chi connectivity index (χ2v) is 7.49. The fraction of sp³-hybridized carbons (Fsp3) is 0.833. The van der Waals surface area contributed by atoms with E-state index in [0.29, 0.717) is 19.5 Å². The zero-order valence-electron chi connectivity index (χ0n) is 11.7. The molecule has 0 aliphatic rings. The Morgan fingerprint density at radius 3 is 2.00 bits per heavy atom. The molecule has 0 heterocycles. The monoisotopic (exact) mass is 322 g/mol. The van der Waals surface area contributed by atoms with Crippen molar-refractivity contribution in [3.8, 4) is 0 Å². The molecular weight excluding hydrogens is 300 g/mol. The first-order valence-electron chi connectivity index (χ1n) is 5.96. The third-order valence-corrected chi connectivity index (χ3v) is 2.21. The second kappa shape index (κ2) is 6.97. The minimum absolute atomic E-state index is 0.0697. The van der Waals surface area contributed by atoms with Crippen LogP contribution in [0.5, 0.6) is 0 Å². The van der Waals surface area contributed by atoms with Crippen molar-refractivity contribution >= 4 is 27.9 Å². The molecule has 0 aliphatic heterocycles. The van der Waals surface area contributed by atoms with Crippen LogP contribution in [0, 0.1) is 0 Å². The number of amides is 2. The van der Waals surface area contributed by atoms with Gasteiger partial charge in [0, 0.05) is 13.1 Å². The summed E-state index contributed by atoms with van der Waals surface area (Å²) in [5.74, 6) is -0.0697. The van der Waals surface area contributed by atoms with Crippen LogP contribution in [0.3, 0.4) is 0 Å². The molecular formula is C12H23BrN2O3. The van der Waals surface area contributed by atoms with Crippen LogP contribution in [-0.4, -0.2) is 35.0 Å². The summed E-state index contributed by atoms with van der Waals surface area (Å²) < 4.78 is 4.51. The molecule has 0 fully saturated rings. The average Bonchev–Trinajstić information content (AvgIpc) is 2.12. The number of hydrogen-bond acceptors (Lipinski definition) is 3. The minimum Gasteiger partial charge on any atom is -0.444 e. The van der Waals surface area contributed by atoms with Crippen LogP contribution in [0.2, 0.25) is 0 Å². The fourth-order valence-corrected chi connectivity index (χ4v) is 1.15. The SMILES string of the molecule is CC(C)(C)OC(=O)NCCCNC(=O)C(C)(C)Br. The summed E-state index contributed by atoms with van der Waals surface area (Å²) >= 11 is 3.27. The molecule has 5 nitrogen and oxygen atoms in total. The van der Waals surface area contributed by atoms with Crippen molar-refractivity contribution in [1.29, 1.82) is 0 Å². The molecule has 2 N–H and O–H groups in total. The number of carbonyl (C=O) groups is 2. The van der Waals surface area contributed by atoms with Gasteiger partial charge in [0.1, 0.15) is 5.60 Å². The number of carbonyl (C=O) groups excluding carboxylic acids is 2. The summed E-state index contributed by atoms with van der Waals surface area (Å²) in [5.41, 5.74) is -0.488. The first-order valence-corrected chi connectivity index (χ1v) is 6.76. The molecule has 106 valence electrons. The van der Waals surface area contributed by atoms with Crippen LogP contribution in [0.15, 0.2) is 0 Å². The lowest BCUT2D eigenvalue weighted by Gasteiger charge is -2.20. The molecule has 0 aliphatic carbocycles. The molecule has 18 heavy (non-hydrogen) atoms. The van der Waals surface area contributed by atoms with Gasteiger partial charge >= 0.3 is 6.09 Å². The average molecular weight is 323 g/mol. The Bertz CT molecular complexity index is 293. The highest BCUT2D eigenvalue weighted by molar-refractivity contribution is 9.10. The Balaban J connectivity index is 3.64. The molecule has 0 aromatic carbocycles. The van der Waals surface area contributed by atoms with E-state index in [1.54, 1.807) is 13.8 Å². The summed E-state index contributed by atoms with van der Waals surface area (Å²) in [6.07, 6.45) is 0.225. The van der Waals surface area contributed by atoms with Gasteiger partial charge in [-0.3, -0.25) is 4.79 Å². The number of alkyl halides is 1. The van der Waals surface area contributed by atoms with E-state index in [2.05, 4.69) is 26.6 Å². The Morgan fingerprint density at radius 1 is 1.06 bits per heavy atom. The van der Waals surface area contributed by atoms with Crippen LogP contribution >= 0.6 is 15.9 Å². The van der Waals surface area contributed by atoms with Crippen LogP contribution in [-0.2, 0) is 9.53 Å². The van der Waals surface area contributed by atoms with E-state index < -0.39 is 16.0 Å². The van der Waals surface area contributed by atoms with E-state index in [0.717, 1.165) is 0 Å². The molecule has 0 radical (unpaired) electrons. The Hall–Kier alpha value is -0.780. The number of alkyl carbamates (subject to hydrolysis) is 1. The van der Waals surface area contributed by atoms with Gasteiger partial charge in [0.25, 0.3) is 0 Å². The molecule has 0 saturated carbocycles. The third kappa shape index (κ3) is 9.27. The quantitative estimate of drug-likeness (QED) is 0.602. The van der Waals surface area contributed by atoms with Crippen molar-refractivity contribution < 1.29 is 14.3 Å². The van der Waals surface area contributed by atoms with E-state index in [1.807, 2.05) is 20.8 Å². The summed E-state index contributed by atoms with van der Waals surface area (Å²) in [4.78, 5) is 22.8. The molecule has 0 atom stereocenters. The van der Waals surface area contributed by atoms with Crippen molar-refractivity contribution in [3.63, 3.8) is 0 Å². The maximum Gasteiger partial charge on any atom is 0.407 e. The van der Waals surface area contributed by atoms with Crippen LogP contribution in [0.1, 0.15) is 41.0 Å². The maximum absolute atomic E-state index is 11.5. The lowest BCUT2D eigenvalue weighted by Crippen LogP contribution is -2.39.